The first-order valence-electron chi connectivity index (χ1n) is 7.62. The predicted molar refractivity (Wildman–Crippen MR) is 95.0 cm³/mol. The number of nitrogens with zero attached hydrogens (tertiary/aromatic N) is 1. The lowest BCUT2D eigenvalue weighted by molar-refractivity contribution is -0.132. The molecule has 24 heavy (non-hydrogen) atoms. The molecule has 0 unspecified atom stereocenters. The minimum atomic E-state index is -1.05. The molecule has 1 heterocycles. The summed E-state index contributed by atoms with van der Waals surface area (Å²) in [6.45, 7) is 3.40. The Kier molecular flexibility index (Phi) is 4.04. The number of hydrogen-bond donors (Lipinski definition) is 1. The molecule has 0 aliphatic heterocycles. The summed E-state index contributed by atoms with van der Waals surface area (Å²) in [5, 5.41) is 10.4. The number of carboxylic acid groups (broad SMARTS) is 1. The number of carboxylic acids is 1. The molecule has 0 saturated carbocycles. The van der Waals surface area contributed by atoms with E-state index in [1.165, 1.54) is 11.5 Å². The maximum atomic E-state index is 12.7. The molecule has 1 N–H and O–H groups in total. The van der Waals surface area contributed by atoms with Crippen LogP contribution < -0.4 is 5.56 Å². The number of carbonyl (C=O) groups is 1. The summed E-state index contributed by atoms with van der Waals surface area (Å²) < 4.78 is 1.49. The fourth-order valence-electron chi connectivity index (χ4n) is 2.89. The molecule has 0 spiro atoms. The van der Waals surface area contributed by atoms with Crippen molar-refractivity contribution in [3.05, 3.63) is 87.7 Å². The topological polar surface area (TPSA) is 59.3 Å². The number of aliphatic carboxylic acids is 1. The van der Waals surface area contributed by atoms with Crippen molar-refractivity contribution in [2.45, 2.75) is 13.8 Å². The summed E-state index contributed by atoms with van der Waals surface area (Å²) in [4.78, 5) is 24.4. The number of fused-ring (bicyclic) bond motifs is 1. The van der Waals surface area contributed by atoms with Crippen LogP contribution in [0.5, 0.6) is 0 Å². The van der Waals surface area contributed by atoms with Gasteiger partial charge in [0.15, 0.2) is 0 Å². The number of rotatable bonds is 3. The van der Waals surface area contributed by atoms with Gasteiger partial charge in [-0.15, -0.1) is 0 Å². The Hall–Kier alpha value is -3.14. The Balaban J connectivity index is 2.48. The van der Waals surface area contributed by atoms with Crippen molar-refractivity contribution in [1.29, 1.82) is 0 Å². The van der Waals surface area contributed by atoms with Crippen LogP contribution in [0.4, 0.5) is 0 Å². The zero-order valence-electron chi connectivity index (χ0n) is 13.5. The van der Waals surface area contributed by atoms with E-state index in [0.29, 0.717) is 16.8 Å². The molecule has 0 fully saturated rings. The minimum Gasteiger partial charge on any atom is -0.478 e. The predicted octanol–water partition coefficient (Wildman–Crippen LogP) is 3.67. The lowest BCUT2D eigenvalue weighted by atomic mass is 10.0. The van der Waals surface area contributed by atoms with Crippen molar-refractivity contribution in [3.8, 4) is 0 Å². The van der Waals surface area contributed by atoms with E-state index in [-0.39, 0.29) is 11.1 Å². The van der Waals surface area contributed by atoms with Gasteiger partial charge >= 0.3 is 5.97 Å². The third-order valence-electron chi connectivity index (χ3n) is 4.08. The SMILES string of the molecule is CC(C(=O)O)=C(c1ccccc1)n1c(=O)cc(C)c2ccccc21. The van der Waals surface area contributed by atoms with Crippen LogP contribution in [0.25, 0.3) is 16.6 Å². The standard InChI is InChI=1S/C20H17NO3/c1-13-12-18(22)21(17-11-7-6-10-16(13)17)19(14(2)20(23)24)15-8-4-3-5-9-15/h3-12H,1-2H3,(H,23,24). The molecule has 0 aliphatic rings. The maximum Gasteiger partial charge on any atom is 0.333 e. The molecular formula is C20H17NO3. The molecule has 0 aliphatic carbocycles. The van der Waals surface area contributed by atoms with Crippen LogP contribution in [0.3, 0.4) is 0 Å². The second kappa shape index (κ2) is 6.16. The molecule has 0 radical (unpaired) electrons. The largest absolute Gasteiger partial charge is 0.478 e. The highest BCUT2D eigenvalue weighted by Gasteiger charge is 2.17. The first-order chi connectivity index (χ1) is 11.5. The van der Waals surface area contributed by atoms with Crippen molar-refractivity contribution in [3.63, 3.8) is 0 Å². The van der Waals surface area contributed by atoms with E-state index in [9.17, 15) is 14.7 Å². The smallest absolute Gasteiger partial charge is 0.333 e. The van der Waals surface area contributed by atoms with Crippen LogP contribution in [0.1, 0.15) is 18.1 Å². The summed E-state index contributed by atoms with van der Waals surface area (Å²) in [5.74, 6) is -1.05. The van der Waals surface area contributed by atoms with Gasteiger partial charge in [0.1, 0.15) is 0 Å². The van der Waals surface area contributed by atoms with Crippen molar-refractivity contribution >= 4 is 22.6 Å². The van der Waals surface area contributed by atoms with Gasteiger partial charge in [-0.1, -0.05) is 48.5 Å². The first-order valence-corrected chi connectivity index (χ1v) is 7.62. The fraction of sp³-hybridized carbons (Fsp3) is 0.100. The Morgan fingerprint density at radius 3 is 2.29 bits per heavy atom. The summed E-state index contributed by atoms with van der Waals surface area (Å²) in [5.41, 5.74) is 2.52. The van der Waals surface area contributed by atoms with Crippen molar-refractivity contribution in [2.75, 3.05) is 0 Å². The van der Waals surface area contributed by atoms with Crippen LogP contribution >= 0.6 is 0 Å². The molecule has 0 amide bonds. The first kappa shape index (κ1) is 15.7. The van der Waals surface area contributed by atoms with E-state index in [1.807, 2.05) is 61.5 Å². The summed E-state index contributed by atoms with van der Waals surface area (Å²) in [6.07, 6.45) is 0. The molecule has 0 atom stereocenters. The highest BCUT2D eigenvalue weighted by Crippen LogP contribution is 2.25. The maximum absolute atomic E-state index is 12.7. The van der Waals surface area contributed by atoms with Crippen molar-refractivity contribution in [2.24, 2.45) is 0 Å². The second-order valence-corrected chi connectivity index (χ2v) is 5.66. The van der Waals surface area contributed by atoms with Gasteiger partial charge in [0.2, 0.25) is 0 Å². The molecule has 1 aromatic heterocycles. The normalized spacial score (nSPS) is 12.1. The molecule has 4 heteroatoms. The monoisotopic (exact) mass is 319 g/mol. The Morgan fingerprint density at radius 2 is 1.62 bits per heavy atom. The second-order valence-electron chi connectivity index (χ2n) is 5.66. The Morgan fingerprint density at radius 1 is 1.00 bits per heavy atom. The average Bonchev–Trinajstić information content (AvgIpc) is 2.58. The molecule has 120 valence electrons. The summed E-state index contributed by atoms with van der Waals surface area (Å²) >= 11 is 0. The highest BCUT2D eigenvalue weighted by molar-refractivity contribution is 5.98. The summed E-state index contributed by atoms with van der Waals surface area (Å²) in [7, 11) is 0. The van der Waals surface area contributed by atoms with Crippen LogP contribution in [0.15, 0.2) is 71.0 Å². The molecule has 2 aromatic carbocycles. The lowest BCUT2D eigenvalue weighted by Gasteiger charge is -2.17. The quantitative estimate of drug-likeness (QED) is 0.749. The lowest BCUT2D eigenvalue weighted by Crippen LogP contribution is -2.22. The molecule has 0 saturated heterocycles. The third-order valence-corrected chi connectivity index (χ3v) is 4.08. The van der Waals surface area contributed by atoms with Crippen LogP contribution in [0.2, 0.25) is 0 Å². The van der Waals surface area contributed by atoms with Gasteiger partial charge in [-0.25, -0.2) is 4.79 Å². The number of benzene rings is 2. The molecule has 3 aromatic rings. The number of aromatic nitrogens is 1. The number of hydrogen-bond acceptors (Lipinski definition) is 2. The molecule has 4 nitrogen and oxygen atoms in total. The minimum absolute atomic E-state index is 0.123. The molecule has 0 bridgehead atoms. The van der Waals surface area contributed by atoms with Gasteiger partial charge in [-0.3, -0.25) is 9.36 Å². The van der Waals surface area contributed by atoms with Crippen LogP contribution in [-0.2, 0) is 4.79 Å². The van der Waals surface area contributed by atoms with Gasteiger partial charge in [-0.2, -0.15) is 0 Å². The van der Waals surface area contributed by atoms with E-state index >= 15 is 0 Å². The van der Waals surface area contributed by atoms with Gasteiger partial charge in [0.25, 0.3) is 5.56 Å². The van der Waals surface area contributed by atoms with E-state index in [2.05, 4.69) is 0 Å². The summed E-state index contributed by atoms with van der Waals surface area (Å²) in [6, 6.07) is 18.2. The van der Waals surface area contributed by atoms with Crippen LogP contribution in [0, 0.1) is 6.92 Å². The zero-order valence-corrected chi connectivity index (χ0v) is 13.5. The van der Waals surface area contributed by atoms with Gasteiger partial charge in [0.05, 0.1) is 16.8 Å². The number of aryl methyl sites for hydroxylation is 1. The van der Waals surface area contributed by atoms with Crippen LogP contribution in [-0.4, -0.2) is 15.6 Å². The molecule has 3 rings (SSSR count). The third kappa shape index (κ3) is 2.63. The van der Waals surface area contributed by atoms with E-state index in [4.69, 9.17) is 0 Å². The van der Waals surface area contributed by atoms with Crippen molar-refractivity contribution < 1.29 is 9.90 Å². The Labute approximate surface area is 139 Å². The number of para-hydroxylation sites is 1. The highest BCUT2D eigenvalue weighted by atomic mass is 16.4. The van der Waals surface area contributed by atoms with Gasteiger partial charge in [0, 0.05) is 11.5 Å². The van der Waals surface area contributed by atoms with E-state index in [1.54, 1.807) is 6.07 Å². The average molecular weight is 319 g/mol. The molecular weight excluding hydrogens is 302 g/mol. The van der Waals surface area contributed by atoms with E-state index in [0.717, 1.165) is 10.9 Å². The van der Waals surface area contributed by atoms with E-state index < -0.39 is 5.97 Å². The fourth-order valence-corrected chi connectivity index (χ4v) is 2.89. The van der Waals surface area contributed by atoms with Gasteiger partial charge < -0.3 is 5.11 Å². The zero-order chi connectivity index (χ0) is 17.3. The Bertz CT molecular complexity index is 1010. The van der Waals surface area contributed by atoms with Gasteiger partial charge in [-0.05, 0) is 31.0 Å². The van der Waals surface area contributed by atoms with Crippen molar-refractivity contribution in [1.82, 2.24) is 4.57 Å². The number of pyridine rings is 1.